The zero-order valence-corrected chi connectivity index (χ0v) is 19.8. The molecule has 176 valence electrons. The number of methoxy groups -OCH3 is 2. The lowest BCUT2D eigenvalue weighted by atomic mass is 9.91. The van der Waals surface area contributed by atoms with Crippen molar-refractivity contribution in [1.29, 1.82) is 0 Å². The summed E-state index contributed by atoms with van der Waals surface area (Å²) >= 11 is 0. The maximum absolute atomic E-state index is 6.49. The van der Waals surface area contributed by atoms with Crippen LogP contribution in [0.1, 0.15) is 56.9 Å². The van der Waals surface area contributed by atoms with Gasteiger partial charge in [0, 0.05) is 25.6 Å². The third-order valence-electron chi connectivity index (χ3n) is 7.15. The zero-order chi connectivity index (χ0) is 22.2. The zero-order valence-electron chi connectivity index (χ0n) is 19.8. The normalized spacial score (nSPS) is 26.8. The van der Waals surface area contributed by atoms with E-state index in [0.717, 1.165) is 56.9 Å². The van der Waals surface area contributed by atoms with Crippen LogP contribution in [0.2, 0.25) is 0 Å². The van der Waals surface area contributed by atoms with E-state index in [-0.39, 0.29) is 0 Å². The molecule has 0 spiro atoms. The van der Waals surface area contributed by atoms with Crippen molar-refractivity contribution in [2.24, 2.45) is 0 Å². The summed E-state index contributed by atoms with van der Waals surface area (Å²) in [5, 5.41) is 0. The van der Waals surface area contributed by atoms with E-state index in [2.05, 4.69) is 41.3 Å². The van der Waals surface area contributed by atoms with Crippen LogP contribution < -0.4 is 0 Å². The van der Waals surface area contributed by atoms with Crippen LogP contribution in [0.5, 0.6) is 0 Å². The van der Waals surface area contributed by atoms with Crippen LogP contribution in [0, 0.1) is 0 Å². The van der Waals surface area contributed by atoms with E-state index >= 15 is 0 Å². The molecule has 0 amide bonds. The van der Waals surface area contributed by atoms with E-state index in [1.54, 1.807) is 14.2 Å². The lowest BCUT2D eigenvalue weighted by molar-refractivity contribution is -0.0354. The second-order valence-corrected chi connectivity index (χ2v) is 9.21. The van der Waals surface area contributed by atoms with Crippen molar-refractivity contribution < 1.29 is 18.9 Å². The van der Waals surface area contributed by atoms with Crippen LogP contribution in [-0.4, -0.2) is 57.1 Å². The molecule has 2 unspecified atom stereocenters. The number of rotatable bonds is 10. The van der Waals surface area contributed by atoms with Crippen molar-refractivity contribution >= 4 is 0 Å². The molecule has 1 heterocycles. The van der Waals surface area contributed by atoms with Gasteiger partial charge in [0.15, 0.2) is 5.76 Å². The summed E-state index contributed by atoms with van der Waals surface area (Å²) in [6, 6.07) is 11.0. The highest BCUT2D eigenvalue weighted by Gasteiger charge is 2.35. The van der Waals surface area contributed by atoms with Gasteiger partial charge >= 0.3 is 0 Å². The molecule has 4 rings (SSSR count). The van der Waals surface area contributed by atoms with Gasteiger partial charge in [-0.1, -0.05) is 48.7 Å². The molecule has 0 aromatic heterocycles. The summed E-state index contributed by atoms with van der Waals surface area (Å²) in [4.78, 5) is 2.63. The van der Waals surface area contributed by atoms with Crippen LogP contribution in [-0.2, 0) is 25.6 Å². The number of hydrogen-bond donors (Lipinski definition) is 0. The predicted octanol–water partition coefficient (Wildman–Crippen LogP) is 5.22. The van der Waals surface area contributed by atoms with E-state index in [9.17, 15) is 0 Å². The van der Waals surface area contributed by atoms with Crippen molar-refractivity contribution in [3.8, 4) is 0 Å². The van der Waals surface area contributed by atoms with Crippen molar-refractivity contribution in [3.05, 3.63) is 59.1 Å². The lowest BCUT2D eigenvalue weighted by Crippen LogP contribution is -2.46. The van der Waals surface area contributed by atoms with Gasteiger partial charge in [0.25, 0.3) is 0 Å². The Kier molecular flexibility index (Phi) is 8.66. The number of nitrogens with zero attached hydrogens (tertiary/aromatic N) is 1. The maximum atomic E-state index is 6.49. The quantitative estimate of drug-likeness (QED) is 0.498. The summed E-state index contributed by atoms with van der Waals surface area (Å²) in [5.74, 6) is 1.81. The van der Waals surface area contributed by atoms with E-state index in [1.165, 1.54) is 36.8 Å². The van der Waals surface area contributed by atoms with Crippen molar-refractivity contribution in [3.63, 3.8) is 0 Å². The second-order valence-electron chi connectivity index (χ2n) is 9.21. The van der Waals surface area contributed by atoms with Crippen LogP contribution in [0.4, 0.5) is 0 Å². The first-order valence-electron chi connectivity index (χ1n) is 12.3. The average molecular weight is 442 g/mol. The summed E-state index contributed by atoms with van der Waals surface area (Å²) in [6.07, 6.45) is 11.8. The number of hydrogen-bond acceptors (Lipinski definition) is 5. The maximum Gasteiger partial charge on any atom is 0.156 e. The lowest BCUT2D eigenvalue weighted by Gasteiger charge is -2.38. The van der Waals surface area contributed by atoms with E-state index in [4.69, 9.17) is 18.9 Å². The molecule has 1 saturated carbocycles. The van der Waals surface area contributed by atoms with Crippen LogP contribution in [0.25, 0.3) is 0 Å². The number of benzene rings is 1. The van der Waals surface area contributed by atoms with Gasteiger partial charge < -0.3 is 18.9 Å². The average Bonchev–Trinajstić information content (AvgIpc) is 3.32. The Morgan fingerprint density at radius 2 is 1.78 bits per heavy atom. The van der Waals surface area contributed by atoms with Gasteiger partial charge in [0.1, 0.15) is 5.76 Å². The molecule has 32 heavy (non-hydrogen) atoms. The molecule has 5 heteroatoms. The van der Waals surface area contributed by atoms with Crippen LogP contribution >= 0.6 is 0 Å². The van der Waals surface area contributed by atoms with Crippen molar-refractivity contribution in [2.75, 3.05) is 33.9 Å². The molecule has 3 aliphatic rings. The first-order valence-corrected chi connectivity index (χ1v) is 12.3. The van der Waals surface area contributed by atoms with Gasteiger partial charge in [0.05, 0.1) is 39.6 Å². The summed E-state index contributed by atoms with van der Waals surface area (Å²) in [7, 11) is 3.43. The second kappa shape index (κ2) is 11.9. The molecular formula is C27H39NO4. The minimum Gasteiger partial charge on any atom is -0.497 e. The largest absolute Gasteiger partial charge is 0.497 e. The highest BCUT2D eigenvalue weighted by Crippen LogP contribution is 2.31. The molecule has 2 aliphatic carbocycles. The topological polar surface area (TPSA) is 40.2 Å². The number of ether oxygens (including phenoxy) is 4. The molecule has 1 aromatic rings. The Bertz CT molecular complexity index is 775. The highest BCUT2D eigenvalue weighted by molar-refractivity contribution is 5.26. The van der Waals surface area contributed by atoms with Gasteiger partial charge in [-0.3, -0.25) is 4.90 Å². The van der Waals surface area contributed by atoms with E-state index < -0.39 is 0 Å². The first kappa shape index (κ1) is 23.3. The SMILES string of the molecule is COC1=C(OC)CCC(CCOC2CCCCC2N2CC[C@@H](OCc3ccccc3)C2)=C1. The van der Waals surface area contributed by atoms with Gasteiger partial charge in [-0.2, -0.15) is 0 Å². The van der Waals surface area contributed by atoms with Crippen LogP contribution in [0.3, 0.4) is 0 Å². The highest BCUT2D eigenvalue weighted by atomic mass is 16.5. The molecule has 0 radical (unpaired) electrons. The minimum absolute atomic E-state index is 0.333. The standard InChI is InChI=1S/C27H39NO4/c1-29-26-13-12-21(18-27(26)30-2)15-17-31-25-11-7-6-10-24(25)28-16-14-23(19-28)32-20-22-8-4-3-5-9-22/h3-5,8-9,18,23-25H,6-7,10-17,19-20H2,1-2H3/t23-,24?,25?/m1/s1. The Labute approximate surface area is 193 Å². The van der Waals surface area contributed by atoms with E-state index in [0.29, 0.717) is 24.9 Å². The molecule has 2 fully saturated rings. The third kappa shape index (κ3) is 6.15. The van der Waals surface area contributed by atoms with Gasteiger partial charge in [-0.15, -0.1) is 0 Å². The summed E-state index contributed by atoms with van der Waals surface area (Å²) in [6.45, 7) is 3.65. The number of allylic oxidation sites excluding steroid dienone is 2. The molecule has 0 bridgehead atoms. The molecule has 5 nitrogen and oxygen atoms in total. The van der Waals surface area contributed by atoms with Gasteiger partial charge in [-0.25, -0.2) is 0 Å². The molecule has 3 atom stereocenters. The Balaban J connectivity index is 1.24. The predicted molar refractivity (Wildman–Crippen MR) is 126 cm³/mol. The summed E-state index contributed by atoms with van der Waals surface area (Å²) < 4.78 is 23.6. The molecule has 1 aromatic carbocycles. The smallest absolute Gasteiger partial charge is 0.156 e. The monoisotopic (exact) mass is 441 g/mol. The minimum atomic E-state index is 0.333. The Hall–Kier alpha value is -1.82. The number of likely N-dealkylation sites (tertiary alicyclic amines) is 1. The fourth-order valence-corrected chi connectivity index (χ4v) is 5.32. The van der Waals surface area contributed by atoms with Crippen LogP contribution in [0.15, 0.2) is 53.5 Å². The van der Waals surface area contributed by atoms with Gasteiger partial charge in [0.2, 0.25) is 0 Å². The Morgan fingerprint density at radius 1 is 0.938 bits per heavy atom. The van der Waals surface area contributed by atoms with Gasteiger partial charge in [-0.05, 0) is 43.7 Å². The molecule has 0 N–H and O–H groups in total. The summed E-state index contributed by atoms with van der Waals surface area (Å²) in [5.41, 5.74) is 2.65. The molecule has 1 saturated heterocycles. The third-order valence-corrected chi connectivity index (χ3v) is 7.15. The first-order chi connectivity index (χ1) is 15.8. The molecule has 1 aliphatic heterocycles. The Morgan fingerprint density at radius 3 is 2.59 bits per heavy atom. The van der Waals surface area contributed by atoms with Crippen molar-refractivity contribution in [2.45, 2.75) is 76.2 Å². The molecular weight excluding hydrogens is 402 g/mol. The fraction of sp³-hybridized carbons (Fsp3) is 0.630. The fourth-order valence-electron chi connectivity index (χ4n) is 5.32. The van der Waals surface area contributed by atoms with E-state index in [1.807, 2.05) is 0 Å². The van der Waals surface area contributed by atoms with Crippen molar-refractivity contribution in [1.82, 2.24) is 4.90 Å².